The lowest BCUT2D eigenvalue weighted by Gasteiger charge is -2.20. The second-order valence-corrected chi connectivity index (χ2v) is 7.38. The second-order valence-electron chi connectivity index (χ2n) is 4.81. The summed E-state index contributed by atoms with van der Waals surface area (Å²) >= 11 is 0. The van der Waals surface area contributed by atoms with Crippen molar-refractivity contribution in [3.8, 4) is 0 Å². The molecule has 0 atom stereocenters. The summed E-state index contributed by atoms with van der Waals surface area (Å²) < 4.78 is 23.7. The van der Waals surface area contributed by atoms with Crippen LogP contribution in [0.15, 0.2) is 17.2 Å². The summed E-state index contributed by atoms with van der Waals surface area (Å²) in [5.41, 5.74) is -0.138. The highest BCUT2D eigenvalue weighted by Crippen LogP contribution is 2.18. The third-order valence-electron chi connectivity index (χ3n) is 1.98. The number of carbonyl (C=O) groups excluding carboxylic acids is 1. The highest BCUT2D eigenvalue weighted by molar-refractivity contribution is 8.13. The second kappa shape index (κ2) is 4.34. The molecule has 17 heavy (non-hydrogen) atoms. The highest BCUT2D eigenvalue weighted by Gasteiger charge is 2.21. The summed E-state index contributed by atoms with van der Waals surface area (Å²) in [5, 5.41) is 2.74. The van der Waals surface area contributed by atoms with Gasteiger partial charge < -0.3 is 9.88 Å². The quantitative estimate of drug-likeness (QED) is 0.833. The minimum Gasteiger partial charge on any atom is -0.346 e. The Balaban J connectivity index is 3.09. The van der Waals surface area contributed by atoms with E-state index in [1.54, 1.807) is 7.05 Å². The zero-order valence-electron chi connectivity index (χ0n) is 10.1. The maximum Gasteiger partial charge on any atom is 0.268 e. The summed E-state index contributed by atoms with van der Waals surface area (Å²) in [6.07, 6.45) is 1.31. The minimum absolute atomic E-state index is 0.0827. The van der Waals surface area contributed by atoms with E-state index in [9.17, 15) is 13.2 Å². The zero-order chi connectivity index (χ0) is 13.4. The molecule has 0 saturated heterocycles. The molecule has 1 rings (SSSR count). The fourth-order valence-electron chi connectivity index (χ4n) is 1.30. The van der Waals surface area contributed by atoms with Crippen LogP contribution in [-0.2, 0) is 16.1 Å². The number of aromatic nitrogens is 1. The predicted octanol–water partition coefficient (Wildman–Crippen LogP) is 1.48. The summed E-state index contributed by atoms with van der Waals surface area (Å²) in [7, 11) is 2.98. The van der Waals surface area contributed by atoms with Crippen LogP contribution in [0.3, 0.4) is 0 Å². The van der Waals surface area contributed by atoms with Crippen molar-refractivity contribution in [3.63, 3.8) is 0 Å². The van der Waals surface area contributed by atoms with Crippen LogP contribution in [0.1, 0.15) is 31.3 Å². The Hall–Kier alpha value is -1.01. The lowest BCUT2D eigenvalue weighted by Crippen LogP contribution is -2.41. The van der Waals surface area contributed by atoms with Gasteiger partial charge in [-0.15, -0.1) is 0 Å². The largest absolute Gasteiger partial charge is 0.346 e. The molecule has 0 spiro atoms. The molecule has 0 radical (unpaired) electrons. The lowest BCUT2D eigenvalue weighted by atomic mass is 10.1. The number of carbonyl (C=O) groups is 1. The molecule has 1 amide bonds. The molecule has 1 aromatic rings. The van der Waals surface area contributed by atoms with Gasteiger partial charge in [0.1, 0.15) is 10.6 Å². The first-order valence-corrected chi connectivity index (χ1v) is 7.25. The van der Waals surface area contributed by atoms with Crippen LogP contribution in [0.4, 0.5) is 0 Å². The van der Waals surface area contributed by atoms with Crippen molar-refractivity contribution >= 4 is 25.6 Å². The van der Waals surface area contributed by atoms with Crippen LogP contribution in [0.2, 0.25) is 0 Å². The normalized spacial score (nSPS) is 12.5. The summed E-state index contributed by atoms with van der Waals surface area (Å²) in [5.74, 6) is -0.341. The number of hydrogen-bond acceptors (Lipinski definition) is 3. The number of halogens is 1. The van der Waals surface area contributed by atoms with Gasteiger partial charge >= 0.3 is 0 Å². The SMILES string of the molecule is Cn1cc(S(=O)(=O)Cl)cc1C(=O)NC(C)(C)C. The Labute approximate surface area is 105 Å². The van der Waals surface area contributed by atoms with Crippen molar-refractivity contribution in [2.24, 2.45) is 7.05 Å². The van der Waals surface area contributed by atoms with Gasteiger partial charge in [-0.3, -0.25) is 4.79 Å². The van der Waals surface area contributed by atoms with Gasteiger partial charge in [0.2, 0.25) is 0 Å². The lowest BCUT2D eigenvalue weighted by molar-refractivity contribution is 0.0911. The number of rotatable bonds is 2. The maximum atomic E-state index is 11.9. The third-order valence-corrected chi connectivity index (χ3v) is 3.30. The molecular weight excluding hydrogens is 264 g/mol. The molecule has 7 heteroatoms. The van der Waals surface area contributed by atoms with E-state index in [2.05, 4.69) is 5.32 Å². The van der Waals surface area contributed by atoms with Gasteiger partial charge in [0.25, 0.3) is 15.0 Å². The molecule has 96 valence electrons. The monoisotopic (exact) mass is 278 g/mol. The van der Waals surface area contributed by atoms with Gasteiger partial charge in [-0.1, -0.05) is 0 Å². The molecule has 1 N–H and O–H groups in total. The van der Waals surface area contributed by atoms with E-state index in [0.717, 1.165) is 0 Å². The van der Waals surface area contributed by atoms with Gasteiger partial charge in [0.05, 0.1) is 0 Å². The Morgan fingerprint density at radius 2 is 1.94 bits per heavy atom. The van der Waals surface area contributed by atoms with Gasteiger partial charge in [0, 0.05) is 29.5 Å². The van der Waals surface area contributed by atoms with Crippen LogP contribution in [-0.4, -0.2) is 24.4 Å². The average molecular weight is 279 g/mol. The molecule has 1 heterocycles. The fourth-order valence-corrected chi connectivity index (χ4v) is 2.09. The number of hydrogen-bond donors (Lipinski definition) is 1. The zero-order valence-corrected chi connectivity index (χ0v) is 11.7. The van der Waals surface area contributed by atoms with E-state index in [4.69, 9.17) is 10.7 Å². The molecule has 0 saturated carbocycles. The van der Waals surface area contributed by atoms with E-state index < -0.39 is 9.05 Å². The van der Waals surface area contributed by atoms with Crippen molar-refractivity contribution in [1.82, 2.24) is 9.88 Å². The number of aryl methyl sites for hydroxylation is 1. The summed E-state index contributed by atoms with van der Waals surface area (Å²) in [4.78, 5) is 11.8. The summed E-state index contributed by atoms with van der Waals surface area (Å²) in [6, 6.07) is 1.25. The van der Waals surface area contributed by atoms with E-state index in [1.165, 1.54) is 16.8 Å². The highest BCUT2D eigenvalue weighted by atomic mass is 35.7. The molecule has 0 aliphatic carbocycles. The molecule has 5 nitrogen and oxygen atoms in total. The van der Waals surface area contributed by atoms with E-state index >= 15 is 0 Å². The minimum atomic E-state index is -3.81. The molecule has 0 aromatic carbocycles. The molecule has 0 bridgehead atoms. The smallest absolute Gasteiger partial charge is 0.268 e. The van der Waals surface area contributed by atoms with Crippen molar-refractivity contribution in [2.45, 2.75) is 31.2 Å². The fraction of sp³-hybridized carbons (Fsp3) is 0.500. The molecule has 0 aliphatic heterocycles. The van der Waals surface area contributed by atoms with Crippen molar-refractivity contribution in [3.05, 3.63) is 18.0 Å². The van der Waals surface area contributed by atoms with Gasteiger partial charge in [-0.2, -0.15) is 0 Å². The topological polar surface area (TPSA) is 68.2 Å². The Morgan fingerprint density at radius 1 is 1.41 bits per heavy atom. The van der Waals surface area contributed by atoms with Crippen LogP contribution in [0, 0.1) is 0 Å². The van der Waals surface area contributed by atoms with Crippen LogP contribution in [0.25, 0.3) is 0 Å². The molecule has 0 unspecified atom stereocenters. The Kier molecular flexibility index (Phi) is 3.59. The predicted molar refractivity (Wildman–Crippen MR) is 65.7 cm³/mol. The average Bonchev–Trinajstić information content (AvgIpc) is 2.42. The maximum absolute atomic E-state index is 11.9. The van der Waals surface area contributed by atoms with Crippen molar-refractivity contribution in [1.29, 1.82) is 0 Å². The van der Waals surface area contributed by atoms with Crippen LogP contribution in [0.5, 0.6) is 0 Å². The van der Waals surface area contributed by atoms with Crippen LogP contribution < -0.4 is 5.32 Å². The van der Waals surface area contributed by atoms with Crippen molar-refractivity contribution < 1.29 is 13.2 Å². The first kappa shape index (κ1) is 14.1. The molecule has 0 fully saturated rings. The van der Waals surface area contributed by atoms with Gasteiger partial charge in [-0.05, 0) is 26.8 Å². The molecular formula is C10H15ClN2O3S. The third kappa shape index (κ3) is 3.74. The van der Waals surface area contributed by atoms with Crippen LogP contribution >= 0.6 is 10.7 Å². The molecule has 1 aromatic heterocycles. The number of nitrogens with zero attached hydrogens (tertiary/aromatic N) is 1. The first-order chi connectivity index (χ1) is 7.50. The number of nitrogens with one attached hydrogen (secondary N) is 1. The van der Waals surface area contributed by atoms with Crippen molar-refractivity contribution in [2.75, 3.05) is 0 Å². The Bertz CT molecular complexity index is 540. The van der Waals surface area contributed by atoms with E-state index in [1.807, 2.05) is 20.8 Å². The number of amides is 1. The van der Waals surface area contributed by atoms with E-state index in [-0.39, 0.29) is 22.0 Å². The van der Waals surface area contributed by atoms with E-state index in [0.29, 0.717) is 0 Å². The summed E-state index contributed by atoms with van der Waals surface area (Å²) in [6.45, 7) is 5.52. The molecule has 0 aliphatic rings. The first-order valence-electron chi connectivity index (χ1n) is 4.94. The standard InChI is InChI=1S/C10H15ClN2O3S/c1-10(2,3)12-9(14)8-5-7(6-13(8)4)17(11,15)16/h5-6H,1-4H3,(H,12,14). The Morgan fingerprint density at radius 3 is 2.29 bits per heavy atom. The van der Waals surface area contributed by atoms with Gasteiger partial charge in [-0.25, -0.2) is 8.42 Å². The van der Waals surface area contributed by atoms with Gasteiger partial charge in [0.15, 0.2) is 0 Å².